The summed E-state index contributed by atoms with van der Waals surface area (Å²) in [6.07, 6.45) is 0.0797. The van der Waals surface area contributed by atoms with E-state index in [0.717, 1.165) is 37.3 Å². The molecule has 0 aliphatic carbocycles. The molecule has 2 heterocycles. The van der Waals surface area contributed by atoms with Gasteiger partial charge in [-0.1, -0.05) is 6.92 Å². The van der Waals surface area contributed by atoms with Crippen molar-refractivity contribution in [3.63, 3.8) is 0 Å². The summed E-state index contributed by atoms with van der Waals surface area (Å²) in [7, 11) is 0. The first-order chi connectivity index (χ1) is 10.1. The highest BCUT2D eigenvalue weighted by atomic mass is 79.9. The van der Waals surface area contributed by atoms with Crippen LogP contribution in [-0.2, 0) is 11.3 Å². The van der Waals surface area contributed by atoms with Crippen LogP contribution in [0.15, 0.2) is 16.6 Å². The van der Waals surface area contributed by atoms with Crippen molar-refractivity contribution in [2.45, 2.75) is 19.6 Å². The van der Waals surface area contributed by atoms with Crippen molar-refractivity contribution in [1.29, 1.82) is 0 Å². The van der Waals surface area contributed by atoms with Gasteiger partial charge in [0.1, 0.15) is 5.82 Å². The summed E-state index contributed by atoms with van der Waals surface area (Å²) >= 11 is 8.56. The first-order valence-electron chi connectivity index (χ1n) is 7.00. The lowest BCUT2D eigenvalue weighted by Crippen LogP contribution is -2.43. The number of nitrogens with zero attached hydrogens (tertiary/aromatic N) is 2. The number of nitrogens with one attached hydrogen (secondary N) is 1. The van der Waals surface area contributed by atoms with Crippen LogP contribution in [0.25, 0.3) is 11.0 Å². The molecule has 0 amide bonds. The van der Waals surface area contributed by atoms with Gasteiger partial charge in [-0.3, -0.25) is 4.90 Å². The maximum absolute atomic E-state index is 13.8. The number of aromatic nitrogens is 2. The van der Waals surface area contributed by atoms with Crippen LogP contribution < -0.4 is 0 Å². The zero-order valence-electron chi connectivity index (χ0n) is 11.7. The molecule has 21 heavy (non-hydrogen) atoms. The Morgan fingerprint density at radius 2 is 2.33 bits per heavy atom. The van der Waals surface area contributed by atoms with Crippen molar-refractivity contribution in [1.82, 2.24) is 14.5 Å². The monoisotopic (exact) mass is 373 g/mol. The molecule has 1 N–H and O–H groups in total. The SMILES string of the molecule is CCN1CCOC(Cn2c(=S)[nH]c3cc(Br)c(F)cc32)C1. The van der Waals surface area contributed by atoms with E-state index in [-0.39, 0.29) is 11.9 Å². The van der Waals surface area contributed by atoms with Gasteiger partial charge < -0.3 is 14.3 Å². The van der Waals surface area contributed by atoms with Gasteiger partial charge in [0, 0.05) is 19.2 Å². The minimum atomic E-state index is -0.287. The summed E-state index contributed by atoms with van der Waals surface area (Å²) < 4.78 is 22.6. The Labute approximate surface area is 136 Å². The second-order valence-corrected chi connectivity index (χ2v) is 6.45. The van der Waals surface area contributed by atoms with E-state index < -0.39 is 0 Å². The number of ether oxygens (including phenoxy) is 1. The fraction of sp³-hybridized carbons (Fsp3) is 0.500. The number of fused-ring (bicyclic) bond motifs is 1. The molecule has 0 bridgehead atoms. The van der Waals surface area contributed by atoms with E-state index in [4.69, 9.17) is 17.0 Å². The van der Waals surface area contributed by atoms with Gasteiger partial charge in [0.25, 0.3) is 0 Å². The van der Waals surface area contributed by atoms with Crippen LogP contribution in [0.4, 0.5) is 4.39 Å². The number of halogens is 2. The molecule has 1 fully saturated rings. The minimum Gasteiger partial charge on any atom is -0.374 e. The van der Waals surface area contributed by atoms with E-state index in [1.807, 2.05) is 4.57 Å². The number of hydrogen-bond donors (Lipinski definition) is 1. The average molecular weight is 374 g/mol. The third-order valence-corrected chi connectivity index (χ3v) is 4.80. The van der Waals surface area contributed by atoms with Gasteiger partial charge in [0.15, 0.2) is 4.77 Å². The first kappa shape index (κ1) is 15.1. The predicted octanol–water partition coefficient (Wildman–Crippen LogP) is 3.32. The highest BCUT2D eigenvalue weighted by molar-refractivity contribution is 9.10. The number of imidazole rings is 1. The maximum Gasteiger partial charge on any atom is 0.178 e. The second kappa shape index (κ2) is 6.16. The highest BCUT2D eigenvalue weighted by Gasteiger charge is 2.21. The van der Waals surface area contributed by atoms with Gasteiger partial charge in [-0.25, -0.2) is 4.39 Å². The summed E-state index contributed by atoms with van der Waals surface area (Å²) in [6, 6.07) is 3.23. The molecule has 3 rings (SSSR count). The van der Waals surface area contributed by atoms with Gasteiger partial charge >= 0.3 is 0 Å². The molecule has 1 saturated heterocycles. The number of benzene rings is 1. The van der Waals surface area contributed by atoms with E-state index >= 15 is 0 Å². The standard InChI is InChI=1S/C14H17BrFN3OS/c1-2-18-3-4-20-9(7-18)8-19-13-6-11(16)10(15)5-12(13)17-14(19)21/h5-6,9H,2-4,7-8H2,1H3,(H,17,21). The van der Waals surface area contributed by atoms with E-state index in [9.17, 15) is 4.39 Å². The van der Waals surface area contributed by atoms with E-state index in [0.29, 0.717) is 15.8 Å². The smallest absolute Gasteiger partial charge is 0.178 e. The Morgan fingerprint density at radius 1 is 1.52 bits per heavy atom. The quantitative estimate of drug-likeness (QED) is 0.837. The fourth-order valence-electron chi connectivity index (χ4n) is 2.71. The molecule has 0 saturated carbocycles. The summed E-state index contributed by atoms with van der Waals surface area (Å²) in [5.41, 5.74) is 1.61. The predicted molar refractivity (Wildman–Crippen MR) is 86.6 cm³/mol. The average Bonchev–Trinajstić information content (AvgIpc) is 2.76. The molecule has 1 atom stereocenters. The maximum atomic E-state index is 13.8. The number of aromatic amines is 1. The lowest BCUT2D eigenvalue weighted by molar-refractivity contribution is -0.0339. The van der Waals surface area contributed by atoms with Crippen LogP contribution in [0.1, 0.15) is 6.92 Å². The van der Waals surface area contributed by atoms with Crippen molar-refractivity contribution >= 4 is 39.2 Å². The zero-order chi connectivity index (χ0) is 15.0. The number of rotatable bonds is 3. The number of H-pyrrole nitrogens is 1. The molecule has 7 heteroatoms. The van der Waals surface area contributed by atoms with Crippen LogP contribution in [0.2, 0.25) is 0 Å². The van der Waals surface area contributed by atoms with Crippen LogP contribution in [-0.4, -0.2) is 46.8 Å². The van der Waals surface area contributed by atoms with Crippen LogP contribution in [0.5, 0.6) is 0 Å². The Bertz CT molecular complexity index is 714. The highest BCUT2D eigenvalue weighted by Crippen LogP contribution is 2.24. The molecule has 0 radical (unpaired) electrons. The summed E-state index contributed by atoms with van der Waals surface area (Å²) in [5.74, 6) is -0.287. The number of likely N-dealkylation sites (N-methyl/N-ethyl adjacent to an activating group) is 1. The van der Waals surface area contributed by atoms with E-state index in [2.05, 4.69) is 32.7 Å². The van der Waals surface area contributed by atoms with Crippen molar-refractivity contribution in [3.8, 4) is 0 Å². The normalized spacial score (nSPS) is 20.2. The topological polar surface area (TPSA) is 33.2 Å². The number of hydrogen-bond acceptors (Lipinski definition) is 3. The Kier molecular flexibility index (Phi) is 4.44. The summed E-state index contributed by atoms with van der Waals surface area (Å²) in [4.78, 5) is 5.47. The molecule has 1 unspecified atom stereocenters. The molecule has 1 aromatic carbocycles. The molecular weight excluding hydrogens is 357 g/mol. The second-order valence-electron chi connectivity index (χ2n) is 5.21. The zero-order valence-corrected chi connectivity index (χ0v) is 14.1. The van der Waals surface area contributed by atoms with Crippen molar-refractivity contribution in [2.75, 3.05) is 26.2 Å². The lowest BCUT2D eigenvalue weighted by atomic mass is 10.2. The van der Waals surface area contributed by atoms with Crippen LogP contribution in [0, 0.1) is 10.6 Å². The number of morpholine rings is 1. The van der Waals surface area contributed by atoms with Crippen LogP contribution >= 0.6 is 28.1 Å². The van der Waals surface area contributed by atoms with Gasteiger partial charge in [0.2, 0.25) is 0 Å². The Balaban J connectivity index is 1.91. The third-order valence-electron chi connectivity index (χ3n) is 3.87. The van der Waals surface area contributed by atoms with E-state index in [1.165, 1.54) is 6.07 Å². The summed E-state index contributed by atoms with van der Waals surface area (Å²) in [6.45, 7) is 6.37. The largest absolute Gasteiger partial charge is 0.374 e. The Morgan fingerprint density at radius 3 is 3.10 bits per heavy atom. The van der Waals surface area contributed by atoms with E-state index in [1.54, 1.807) is 6.07 Å². The molecule has 1 aliphatic rings. The molecule has 2 aromatic rings. The summed E-state index contributed by atoms with van der Waals surface area (Å²) in [5, 5.41) is 0. The lowest BCUT2D eigenvalue weighted by Gasteiger charge is -2.32. The molecule has 114 valence electrons. The fourth-order valence-corrected chi connectivity index (χ4v) is 3.34. The molecule has 4 nitrogen and oxygen atoms in total. The molecular formula is C14H17BrFN3OS. The third kappa shape index (κ3) is 3.06. The van der Waals surface area contributed by atoms with Crippen molar-refractivity contribution in [2.24, 2.45) is 0 Å². The van der Waals surface area contributed by atoms with Crippen molar-refractivity contribution < 1.29 is 9.13 Å². The van der Waals surface area contributed by atoms with Gasteiger partial charge in [0.05, 0.1) is 34.8 Å². The Hall–Kier alpha value is -0.760. The van der Waals surface area contributed by atoms with Crippen molar-refractivity contribution in [3.05, 3.63) is 27.2 Å². The minimum absolute atomic E-state index is 0.0797. The van der Waals surface area contributed by atoms with Gasteiger partial charge in [-0.2, -0.15) is 0 Å². The molecule has 0 spiro atoms. The molecule has 1 aliphatic heterocycles. The van der Waals surface area contributed by atoms with Gasteiger partial charge in [-0.05, 0) is 40.8 Å². The van der Waals surface area contributed by atoms with Gasteiger partial charge in [-0.15, -0.1) is 0 Å². The van der Waals surface area contributed by atoms with Crippen LogP contribution in [0.3, 0.4) is 0 Å². The molecule has 1 aromatic heterocycles. The first-order valence-corrected chi connectivity index (χ1v) is 8.20.